The van der Waals surface area contributed by atoms with Gasteiger partial charge in [0.1, 0.15) is 17.8 Å². The normalized spacial score (nSPS) is 29.5. The average molecular weight is 441 g/mol. The minimum Gasteiger partial charge on any atom is -0.497 e. The number of fused-ring (bicyclic) bond motifs is 2. The Balaban J connectivity index is 1.29. The molecule has 2 N–H and O–H groups in total. The summed E-state index contributed by atoms with van der Waals surface area (Å²) in [4.78, 5) is 55.2. The molecule has 1 aromatic rings. The molecule has 32 heavy (non-hydrogen) atoms. The number of likely N-dealkylation sites (tertiary alicyclic amines) is 1. The lowest BCUT2D eigenvalue weighted by atomic mass is 9.84. The van der Waals surface area contributed by atoms with Crippen molar-refractivity contribution < 1.29 is 23.9 Å². The Kier molecular flexibility index (Phi) is 5.27. The summed E-state index contributed by atoms with van der Waals surface area (Å²) in [6, 6.07) is 4.82. The smallest absolute Gasteiger partial charge is 0.251 e. The first-order chi connectivity index (χ1) is 15.5. The third-order valence-electron chi connectivity index (χ3n) is 7.29. The molecule has 0 spiro atoms. The standard InChI is InChI=1S/C23H28N4O5/c1-32-16-7-5-13(6-8-16)20(28)24-15-11-18-21(29)25-17-9-10-26(22(30)14-3-2-4-14)19(17)23(31)27(18)12-15/h5-8,14-15,17-19H,2-4,9-12H2,1H3,(H,24,28)(H,25,29)/t15-,17-,18+,19+/m1/s1. The minimum absolute atomic E-state index is 0.00594. The fourth-order valence-electron chi connectivity index (χ4n) is 5.28. The lowest BCUT2D eigenvalue weighted by Gasteiger charge is -2.34. The lowest BCUT2D eigenvalue weighted by molar-refractivity contribution is -0.148. The lowest BCUT2D eigenvalue weighted by Crippen LogP contribution is -2.54. The second-order valence-corrected chi connectivity index (χ2v) is 9.15. The molecule has 0 aromatic heterocycles. The maximum Gasteiger partial charge on any atom is 0.251 e. The van der Waals surface area contributed by atoms with Crippen LogP contribution in [0, 0.1) is 5.92 Å². The Hall–Kier alpha value is -3.10. The van der Waals surface area contributed by atoms with Gasteiger partial charge in [0.25, 0.3) is 5.91 Å². The molecule has 4 aliphatic rings. The molecular weight excluding hydrogens is 412 g/mol. The van der Waals surface area contributed by atoms with E-state index in [9.17, 15) is 19.2 Å². The van der Waals surface area contributed by atoms with Gasteiger partial charge < -0.3 is 25.2 Å². The predicted octanol–water partition coefficient (Wildman–Crippen LogP) is 0.294. The molecule has 3 saturated heterocycles. The first-order valence-electron chi connectivity index (χ1n) is 11.3. The van der Waals surface area contributed by atoms with Gasteiger partial charge in [-0.15, -0.1) is 0 Å². The molecule has 9 heteroatoms. The SMILES string of the molecule is COc1ccc(C(=O)N[C@@H]2C[C@H]3C(=O)N[C@@H]4CCN(C(=O)C5CCC5)[C@@H]4C(=O)N3C2)cc1. The molecule has 3 aliphatic heterocycles. The van der Waals surface area contributed by atoms with Crippen LogP contribution in [0.25, 0.3) is 0 Å². The number of rotatable bonds is 4. The molecule has 4 amide bonds. The van der Waals surface area contributed by atoms with E-state index in [0.717, 1.165) is 19.3 Å². The third kappa shape index (κ3) is 3.49. The van der Waals surface area contributed by atoms with E-state index in [1.165, 1.54) is 0 Å². The number of nitrogens with zero attached hydrogens (tertiary/aromatic N) is 2. The second kappa shape index (κ2) is 8.11. The number of ether oxygens (including phenoxy) is 1. The van der Waals surface area contributed by atoms with Crippen LogP contribution in [0.2, 0.25) is 0 Å². The van der Waals surface area contributed by atoms with Gasteiger partial charge >= 0.3 is 0 Å². The van der Waals surface area contributed by atoms with Crippen molar-refractivity contribution in [1.29, 1.82) is 0 Å². The highest BCUT2D eigenvalue weighted by molar-refractivity contribution is 5.98. The average Bonchev–Trinajstić information content (AvgIpc) is 3.34. The van der Waals surface area contributed by atoms with Gasteiger partial charge in [0.05, 0.1) is 13.2 Å². The molecule has 1 saturated carbocycles. The van der Waals surface area contributed by atoms with Crippen molar-refractivity contribution in [2.75, 3.05) is 20.2 Å². The molecule has 1 aliphatic carbocycles. The van der Waals surface area contributed by atoms with Crippen LogP contribution in [-0.4, -0.2) is 77.8 Å². The fraction of sp³-hybridized carbons (Fsp3) is 0.565. The van der Waals surface area contributed by atoms with Crippen molar-refractivity contribution in [2.45, 2.75) is 56.3 Å². The van der Waals surface area contributed by atoms with Crippen LogP contribution in [0.4, 0.5) is 0 Å². The van der Waals surface area contributed by atoms with E-state index in [1.807, 2.05) is 0 Å². The Morgan fingerprint density at radius 3 is 2.53 bits per heavy atom. The molecule has 0 unspecified atom stereocenters. The first-order valence-corrected chi connectivity index (χ1v) is 11.3. The number of nitrogens with one attached hydrogen (secondary N) is 2. The van der Waals surface area contributed by atoms with Crippen LogP contribution >= 0.6 is 0 Å². The van der Waals surface area contributed by atoms with Crippen LogP contribution in [-0.2, 0) is 14.4 Å². The largest absolute Gasteiger partial charge is 0.497 e. The number of hydrogen-bond acceptors (Lipinski definition) is 5. The summed E-state index contributed by atoms with van der Waals surface area (Å²) in [7, 11) is 1.56. The summed E-state index contributed by atoms with van der Waals surface area (Å²) in [5.74, 6) is 0.0448. The van der Waals surface area contributed by atoms with Crippen molar-refractivity contribution in [2.24, 2.45) is 5.92 Å². The highest BCUT2D eigenvalue weighted by atomic mass is 16.5. The van der Waals surface area contributed by atoms with Gasteiger partial charge in [-0.05, 0) is 49.9 Å². The number of methoxy groups -OCH3 is 1. The van der Waals surface area contributed by atoms with Crippen molar-refractivity contribution in [3.8, 4) is 5.75 Å². The number of carbonyl (C=O) groups excluding carboxylic acids is 4. The Labute approximate surface area is 186 Å². The molecule has 3 heterocycles. The molecule has 4 fully saturated rings. The van der Waals surface area contributed by atoms with E-state index < -0.39 is 12.1 Å². The summed E-state index contributed by atoms with van der Waals surface area (Å²) in [5, 5.41) is 5.95. The number of hydrogen-bond donors (Lipinski definition) is 2. The summed E-state index contributed by atoms with van der Waals surface area (Å²) in [6.07, 6.45) is 3.75. The van der Waals surface area contributed by atoms with E-state index in [4.69, 9.17) is 4.74 Å². The van der Waals surface area contributed by atoms with Crippen molar-refractivity contribution >= 4 is 23.6 Å². The Bertz CT molecular complexity index is 944. The van der Waals surface area contributed by atoms with Gasteiger partial charge in [-0.3, -0.25) is 19.2 Å². The summed E-state index contributed by atoms with van der Waals surface area (Å²) in [5.41, 5.74) is 0.483. The van der Waals surface area contributed by atoms with Gasteiger partial charge in [0, 0.05) is 30.6 Å². The van der Waals surface area contributed by atoms with Crippen LogP contribution in [0.5, 0.6) is 5.75 Å². The predicted molar refractivity (Wildman–Crippen MR) is 114 cm³/mol. The summed E-state index contributed by atoms with van der Waals surface area (Å²) in [6.45, 7) is 0.750. The summed E-state index contributed by atoms with van der Waals surface area (Å²) < 4.78 is 5.12. The molecule has 0 radical (unpaired) electrons. The van der Waals surface area contributed by atoms with Crippen LogP contribution in [0.15, 0.2) is 24.3 Å². The molecule has 0 bridgehead atoms. The van der Waals surface area contributed by atoms with E-state index in [2.05, 4.69) is 10.6 Å². The highest BCUT2D eigenvalue weighted by Crippen LogP contribution is 2.34. The zero-order valence-electron chi connectivity index (χ0n) is 18.1. The third-order valence-corrected chi connectivity index (χ3v) is 7.29. The van der Waals surface area contributed by atoms with E-state index >= 15 is 0 Å². The zero-order valence-corrected chi connectivity index (χ0v) is 18.1. The first kappa shape index (κ1) is 20.8. The monoisotopic (exact) mass is 440 g/mol. The van der Waals surface area contributed by atoms with E-state index in [-0.39, 0.29) is 48.2 Å². The zero-order chi connectivity index (χ0) is 22.4. The van der Waals surface area contributed by atoms with Gasteiger partial charge in [-0.25, -0.2) is 0 Å². The van der Waals surface area contributed by atoms with Crippen LogP contribution in [0.1, 0.15) is 42.5 Å². The second-order valence-electron chi connectivity index (χ2n) is 9.15. The van der Waals surface area contributed by atoms with Crippen molar-refractivity contribution in [3.63, 3.8) is 0 Å². The van der Waals surface area contributed by atoms with Gasteiger partial charge in [-0.2, -0.15) is 0 Å². The highest BCUT2D eigenvalue weighted by Gasteiger charge is 2.53. The maximum absolute atomic E-state index is 13.5. The summed E-state index contributed by atoms with van der Waals surface area (Å²) >= 11 is 0. The fourth-order valence-corrected chi connectivity index (χ4v) is 5.28. The molecule has 4 atom stereocenters. The van der Waals surface area contributed by atoms with Crippen molar-refractivity contribution in [1.82, 2.24) is 20.4 Å². The Morgan fingerprint density at radius 1 is 1.12 bits per heavy atom. The number of benzene rings is 1. The van der Waals surface area contributed by atoms with E-state index in [1.54, 1.807) is 41.2 Å². The van der Waals surface area contributed by atoms with Crippen LogP contribution in [0.3, 0.4) is 0 Å². The molecule has 9 nitrogen and oxygen atoms in total. The van der Waals surface area contributed by atoms with Gasteiger partial charge in [-0.1, -0.05) is 6.42 Å². The minimum atomic E-state index is -0.645. The van der Waals surface area contributed by atoms with Crippen molar-refractivity contribution in [3.05, 3.63) is 29.8 Å². The van der Waals surface area contributed by atoms with Gasteiger partial charge in [0.2, 0.25) is 17.7 Å². The molecule has 170 valence electrons. The maximum atomic E-state index is 13.5. The topological polar surface area (TPSA) is 108 Å². The van der Waals surface area contributed by atoms with E-state index in [0.29, 0.717) is 30.7 Å². The van der Waals surface area contributed by atoms with Gasteiger partial charge in [0.15, 0.2) is 0 Å². The quantitative estimate of drug-likeness (QED) is 0.700. The van der Waals surface area contributed by atoms with Crippen LogP contribution < -0.4 is 15.4 Å². The Morgan fingerprint density at radius 2 is 1.88 bits per heavy atom. The molecule has 5 rings (SSSR count). The number of amides is 4. The molecule has 1 aromatic carbocycles. The molecular formula is C23H28N4O5. The number of carbonyl (C=O) groups is 4.